The van der Waals surface area contributed by atoms with Gasteiger partial charge in [-0.2, -0.15) is 0 Å². The highest BCUT2D eigenvalue weighted by Gasteiger charge is 2.23. The lowest BCUT2D eigenvalue weighted by atomic mass is 10.2. The molecule has 1 atom stereocenters. The van der Waals surface area contributed by atoms with E-state index in [-0.39, 0.29) is 12.4 Å². The summed E-state index contributed by atoms with van der Waals surface area (Å²) in [6.45, 7) is 7.77. The third-order valence-corrected chi connectivity index (χ3v) is 3.94. The lowest BCUT2D eigenvalue weighted by Crippen LogP contribution is -2.53. The van der Waals surface area contributed by atoms with E-state index in [1.807, 2.05) is 0 Å². The van der Waals surface area contributed by atoms with E-state index in [2.05, 4.69) is 22.0 Å². The summed E-state index contributed by atoms with van der Waals surface area (Å²) in [4.78, 5) is 16.6. The molecule has 2 rings (SSSR count). The van der Waals surface area contributed by atoms with Crippen molar-refractivity contribution in [2.45, 2.75) is 38.6 Å². The number of rotatable bonds is 2. The molecular weight excluding hydrogens is 250 g/mol. The number of amides is 1. The highest BCUT2D eigenvalue weighted by atomic mass is 35.5. The Labute approximate surface area is 116 Å². The van der Waals surface area contributed by atoms with Crippen molar-refractivity contribution in [3.05, 3.63) is 0 Å². The van der Waals surface area contributed by atoms with Gasteiger partial charge in [0.25, 0.3) is 0 Å². The Balaban J connectivity index is 0.00000162. The minimum Gasteiger partial charge on any atom is -0.342 e. The normalized spacial score (nSPS) is 26.3. The molecule has 2 fully saturated rings. The van der Waals surface area contributed by atoms with E-state index >= 15 is 0 Å². The van der Waals surface area contributed by atoms with E-state index in [9.17, 15) is 4.79 Å². The van der Waals surface area contributed by atoms with Crippen molar-refractivity contribution in [3.8, 4) is 0 Å². The summed E-state index contributed by atoms with van der Waals surface area (Å²) in [6, 6.07) is 0.486. The van der Waals surface area contributed by atoms with Crippen LogP contribution in [0, 0.1) is 0 Å². The molecule has 0 aromatic carbocycles. The Morgan fingerprint density at radius 1 is 1.17 bits per heavy atom. The van der Waals surface area contributed by atoms with Gasteiger partial charge in [0.2, 0.25) is 5.91 Å². The van der Waals surface area contributed by atoms with Gasteiger partial charge in [0.15, 0.2) is 0 Å². The maximum Gasteiger partial charge on any atom is 0.236 e. The smallest absolute Gasteiger partial charge is 0.236 e. The Kier molecular flexibility index (Phi) is 6.97. The number of carbonyl (C=O) groups excluding carboxylic acids is 1. The quantitative estimate of drug-likeness (QED) is 0.820. The molecular formula is C13H26ClN3O. The molecule has 0 aromatic rings. The van der Waals surface area contributed by atoms with E-state index in [1.165, 1.54) is 25.7 Å². The Morgan fingerprint density at radius 3 is 2.44 bits per heavy atom. The molecule has 1 amide bonds. The van der Waals surface area contributed by atoms with Crippen LogP contribution in [-0.2, 0) is 4.79 Å². The number of carbonyl (C=O) groups is 1. The molecule has 0 spiro atoms. The van der Waals surface area contributed by atoms with Crippen LogP contribution in [-0.4, -0.2) is 61.0 Å². The zero-order valence-electron chi connectivity index (χ0n) is 11.4. The minimum absolute atomic E-state index is 0. The molecule has 2 heterocycles. The van der Waals surface area contributed by atoms with Gasteiger partial charge in [0, 0.05) is 38.8 Å². The summed E-state index contributed by atoms with van der Waals surface area (Å²) in [7, 11) is 0. The number of piperazine rings is 1. The third kappa shape index (κ3) is 4.41. The predicted molar refractivity (Wildman–Crippen MR) is 76.2 cm³/mol. The topological polar surface area (TPSA) is 35.6 Å². The van der Waals surface area contributed by atoms with Crippen molar-refractivity contribution in [1.29, 1.82) is 0 Å². The summed E-state index contributed by atoms with van der Waals surface area (Å²) in [6.07, 6.45) is 4.94. The van der Waals surface area contributed by atoms with Gasteiger partial charge < -0.3 is 10.2 Å². The minimum atomic E-state index is 0. The highest BCUT2D eigenvalue weighted by Crippen LogP contribution is 2.11. The second kappa shape index (κ2) is 7.97. The van der Waals surface area contributed by atoms with Crippen LogP contribution >= 0.6 is 12.4 Å². The van der Waals surface area contributed by atoms with Crippen LogP contribution in [0.15, 0.2) is 0 Å². The van der Waals surface area contributed by atoms with Crippen LogP contribution in [0.2, 0.25) is 0 Å². The van der Waals surface area contributed by atoms with Crippen LogP contribution < -0.4 is 5.32 Å². The highest BCUT2D eigenvalue weighted by molar-refractivity contribution is 5.85. The van der Waals surface area contributed by atoms with Crippen LogP contribution in [0.5, 0.6) is 0 Å². The average molecular weight is 276 g/mol. The zero-order chi connectivity index (χ0) is 12.1. The summed E-state index contributed by atoms with van der Waals surface area (Å²) in [5.74, 6) is 0.334. The Bertz CT molecular complexity index is 255. The van der Waals surface area contributed by atoms with Gasteiger partial charge in [-0.15, -0.1) is 12.4 Å². The summed E-state index contributed by atoms with van der Waals surface area (Å²) >= 11 is 0. The molecule has 2 aliphatic rings. The molecule has 0 saturated carbocycles. The van der Waals surface area contributed by atoms with Gasteiger partial charge in [-0.1, -0.05) is 12.8 Å². The maximum absolute atomic E-state index is 12.2. The molecule has 2 aliphatic heterocycles. The lowest BCUT2D eigenvalue weighted by Gasteiger charge is -2.34. The first-order valence-electron chi connectivity index (χ1n) is 7.00. The zero-order valence-corrected chi connectivity index (χ0v) is 12.2. The van der Waals surface area contributed by atoms with E-state index in [4.69, 9.17) is 0 Å². The third-order valence-electron chi connectivity index (χ3n) is 3.94. The summed E-state index contributed by atoms with van der Waals surface area (Å²) in [5.41, 5.74) is 0. The van der Waals surface area contributed by atoms with Crippen LogP contribution in [0.3, 0.4) is 0 Å². The molecule has 0 aliphatic carbocycles. The first-order valence-corrected chi connectivity index (χ1v) is 7.00. The van der Waals surface area contributed by atoms with Crippen LogP contribution in [0.1, 0.15) is 32.6 Å². The second-order valence-electron chi connectivity index (χ2n) is 5.32. The van der Waals surface area contributed by atoms with Gasteiger partial charge in [0.05, 0.1) is 6.54 Å². The SMILES string of the molecule is C[C@H]1CNCCN1CC(=O)N1CCCCCC1.Cl. The molecule has 2 saturated heterocycles. The molecule has 0 unspecified atom stereocenters. The lowest BCUT2D eigenvalue weighted by molar-refractivity contribution is -0.133. The van der Waals surface area contributed by atoms with Gasteiger partial charge in [-0.3, -0.25) is 9.69 Å². The van der Waals surface area contributed by atoms with Crippen molar-refractivity contribution in [2.24, 2.45) is 0 Å². The molecule has 106 valence electrons. The first kappa shape index (κ1) is 15.7. The van der Waals surface area contributed by atoms with E-state index < -0.39 is 0 Å². The second-order valence-corrected chi connectivity index (χ2v) is 5.32. The summed E-state index contributed by atoms with van der Waals surface area (Å²) < 4.78 is 0. The number of hydrogen-bond acceptors (Lipinski definition) is 3. The van der Waals surface area contributed by atoms with E-state index in [1.54, 1.807) is 0 Å². The van der Waals surface area contributed by atoms with Crippen molar-refractivity contribution in [3.63, 3.8) is 0 Å². The average Bonchev–Trinajstić information content (AvgIpc) is 2.61. The van der Waals surface area contributed by atoms with Crippen LogP contribution in [0.25, 0.3) is 0 Å². The Morgan fingerprint density at radius 2 is 1.83 bits per heavy atom. The molecule has 4 nitrogen and oxygen atoms in total. The molecule has 5 heteroatoms. The Hall–Kier alpha value is -0.320. The molecule has 1 N–H and O–H groups in total. The van der Waals surface area contributed by atoms with Gasteiger partial charge in [0.1, 0.15) is 0 Å². The number of likely N-dealkylation sites (tertiary alicyclic amines) is 1. The van der Waals surface area contributed by atoms with Crippen molar-refractivity contribution in [2.75, 3.05) is 39.3 Å². The fraction of sp³-hybridized carbons (Fsp3) is 0.923. The predicted octanol–water partition coefficient (Wildman–Crippen LogP) is 1.10. The number of hydrogen-bond donors (Lipinski definition) is 1. The standard InChI is InChI=1S/C13H25N3O.ClH/c1-12-10-14-6-9-16(12)11-13(17)15-7-4-2-3-5-8-15;/h12,14H,2-11H2,1H3;1H/t12-;/m0./s1. The molecule has 0 radical (unpaired) electrons. The van der Waals surface area contributed by atoms with E-state index in [0.717, 1.165) is 32.7 Å². The number of nitrogens with zero attached hydrogens (tertiary/aromatic N) is 2. The summed E-state index contributed by atoms with van der Waals surface area (Å²) in [5, 5.41) is 3.36. The fourth-order valence-corrected chi connectivity index (χ4v) is 2.71. The van der Waals surface area contributed by atoms with Gasteiger partial charge >= 0.3 is 0 Å². The fourth-order valence-electron chi connectivity index (χ4n) is 2.71. The van der Waals surface area contributed by atoms with Crippen LogP contribution in [0.4, 0.5) is 0 Å². The number of halogens is 1. The molecule has 18 heavy (non-hydrogen) atoms. The monoisotopic (exact) mass is 275 g/mol. The number of nitrogens with one attached hydrogen (secondary N) is 1. The maximum atomic E-state index is 12.2. The van der Waals surface area contributed by atoms with Crippen molar-refractivity contribution >= 4 is 18.3 Å². The molecule has 0 aromatic heterocycles. The first-order chi connectivity index (χ1) is 8.27. The largest absolute Gasteiger partial charge is 0.342 e. The van der Waals surface area contributed by atoms with Crippen molar-refractivity contribution in [1.82, 2.24) is 15.1 Å². The molecule has 0 bridgehead atoms. The van der Waals surface area contributed by atoms with Crippen molar-refractivity contribution < 1.29 is 4.79 Å². The van der Waals surface area contributed by atoms with E-state index in [0.29, 0.717) is 18.5 Å². The van der Waals surface area contributed by atoms with Gasteiger partial charge in [-0.25, -0.2) is 0 Å². The van der Waals surface area contributed by atoms with Gasteiger partial charge in [-0.05, 0) is 19.8 Å².